The van der Waals surface area contributed by atoms with Crippen molar-refractivity contribution < 1.29 is 57.8 Å². The van der Waals surface area contributed by atoms with E-state index in [2.05, 4.69) is 103 Å². The van der Waals surface area contributed by atoms with Crippen molar-refractivity contribution >= 4 is 64.9 Å². The van der Waals surface area contributed by atoms with Gasteiger partial charge in [0.2, 0.25) is 41.2 Å². The number of carbonyl (C=O) groups excluding carboxylic acids is 11. The molecule has 0 spiro atoms. The van der Waals surface area contributed by atoms with E-state index in [4.69, 9.17) is 0 Å². The van der Waals surface area contributed by atoms with Crippen LogP contribution in [0.3, 0.4) is 0 Å². The summed E-state index contributed by atoms with van der Waals surface area (Å²) in [5, 5.41) is 33.9. The summed E-state index contributed by atoms with van der Waals surface area (Å²) < 4.78 is 0. The lowest BCUT2D eigenvalue weighted by molar-refractivity contribution is -0.147. The van der Waals surface area contributed by atoms with Crippen LogP contribution in [0.5, 0.6) is 0 Å². The molecule has 8 fully saturated rings. The molecule has 2 aliphatic heterocycles. The Balaban J connectivity index is 0.000000237. The van der Waals surface area contributed by atoms with Gasteiger partial charge in [-0.15, -0.1) is 13.2 Å². The molecule has 558 valence electrons. The minimum Gasteiger partial charge on any atom is -0.381 e. The highest BCUT2D eigenvalue weighted by Gasteiger charge is 2.71. The monoisotopic (exact) mass is 1410 g/mol. The second-order valence-corrected chi connectivity index (χ2v) is 33.4. The maximum atomic E-state index is 14.6. The van der Waals surface area contributed by atoms with Crippen molar-refractivity contribution in [2.45, 2.75) is 239 Å². The van der Waals surface area contributed by atoms with E-state index in [1.54, 1.807) is 9.80 Å². The number of piperidine rings is 2. The van der Waals surface area contributed by atoms with Crippen molar-refractivity contribution in [3.63, 3.8) is 0 Å². The molecule has 9 N–H and O–H groups in total. The molecule has 0 aromatic carbocycles. The Morgan fingerprint density at radius 1 is 0.529 bits per heavy atom. The van der Waals surface area contributed by atoms with Crippen LogP contribution in [0.2, 0.25) is 0 Å². The molecule has 4 heterocycles. The number of hydrogen-bond donors (Lipinski definition) is 9. The number of likely N-dealkylation sites (tertiary alicyclic amines) is 2. The van der Waals surface area contributed by atoms with E-state index in [9.17, 15) is 57.8 Å². The summed E-state index contributed by atoms with van der Waals surface area (Å²) in [5.74, 6) is -5.50. The highest BCUT2D eigenvalue weighted by Crippen LogP contribution is 2.66. The molecule has 6 saturated carbocycles. The van der Waals surface area contributed by atoms with Gasteiger partial charge in [-0.1, -0.05) is 158 Å². The second kappa shape index (κ2) is 33.2. The molecule has 102 heavy (non-hydrogen) atoms. The first kappa shape index (κ1) is 78.1. The van der Waals surface area contributed by atoms with E-state index in [1.807, 2.05) is 41.5 Å². The summed E-state index contributed by atoms with van der Waals surface area (Å²) in [6, 6.07) is -7.35. The van der Waals surface area contributed by atoms with Crippen molar-refractivity contribution in [2.75, 3.05) is 26.2 Å². The zero-order chi connectivity index (χ0) is 74.2. The van der Waals surface area contributed by atoms with Crippen LogP contribution in [0, 0.1) is 69.0 Å². The van der Waals surface area contributed by atoms with Gasteiger partial charge in [0.1, 0.15) is 47.6 Å². The number of aliphatic hydroxyl groups is 1. The molecule has 13 atom stereocenters. The number of aromatic nitrogens is 4. The van der Waals surface area contributed by atoms with Gasteiger partial charge in [-0.05, 0) is 108 Å². The SMILES string of the molecule is C=CCNC(=O)C(=O)C(CC1CCC1)NC(=O)[C@@H]1[C@@H]2[C@H](CN1C(=O)[C@@H](NC(=O)[C@@H](NC(=O)c1cnccn1)C1CCCCC1)C(C)(C)C)C2(C)C.C=CCNC(=O)C(O)C(CC1CCC1)NC(=O)[C@@H]1[C@@H]2[C@H](CN1C(=O)[C@@H](NC(=O)[C@@H](NC(=O)c1cnccn1)C1CCCCC1)C(C)(C)C)C2(C)C. The first-order valence-corrected chi connectivity index (χ1v) is 37.3. The first-order valence-electron chi connectivity index (χ1n) is 37.3. The van der Waals surface area contributed by atoms with Crippen LogP contribution < -0.4 is 42.5 Å². The number of carbonyl (C=O) groups is 11. The van der Waals surface area contributed by atoms with Crippen molar-refractivity contribution in [1.29, 1.82) is 0 Å². The van der Waals surface area contributed by atoms with Crippen molar-refractivity contribution in [2.24, 2.45) is 69.0 Å². The summed E-state index contributed by atoms with van der Waals surface area (Å²) in [6.07, 6.45) is 25.6. The quantitative estimate of drug-likeness (QED) is 0.0389. The smallest absolute Gasteiger partial charge is 0.289 e. The van der Waals surface area contributed by atoms with Gasteiger partial charge in [0.05, 0.1) is 24.5 Å². The van der Waals surface area contributed by atoms with Crippen LogP contribution in [0.4, 0.5) is 0 Å². The summed E-state index contributed by atoms with van der Waals surface area (Å²) in [7, 11) is 0. The molecule has 2 aromatic rings. The number of ketones is 1. The molecule has 26 nitrogen and oxygen atoms in total. The molecule has 10 rings (SSSR count). The first-order chi connectivity index (χ1) is 48.3. The van der Waals surface area contributed by atoms with Gasteiger partial charge >= 0.3 is 0 Å². The fourth-order valence-corrected chi connectivity index (χ4v) is 16.8. The zero-order valence-electron chi connectivity index (χ0n) is 61.5. The van der Waals surface area contributed by atoms with Gasteiger partial charge in [0.15, 0.2) is 6.10 Å². The van der Waals surface area contributed by atoms with Crippen LogP contribution in [0.15, 0.2) is 62.5 Å². The third kappa shape index (κ3) is 18.3. The van der Waals surface area contributed by atoms with Crippen LogP contribution in [-0.4, -0.2) is 180 Å². The van der Waals surface area contributed by atoms with E-state index in [-0.39, 0.29) is 88.6 Å². The molecule has 3 unspecified atom stereocenters. The minimum absolute atomic E-state index is 0.0615. The number of amides is 10. The predicted molar refractivity (Wildman–Crippen MR) is 380 cm³/mol. The molecule has 8 aliphatic rings. The fraction of sp³-hybridized carbons (Fsp3) is 0.697. The third-order valence-corrected chi connectivity index (χ3v) is 23.6. The van der Waals surface area contributed by atoms with Crippen LogP contribution in [0.25, 0.3) is 0 Å². The lowest BCUT2D eigenvalue weighted by Crippen LogP contribution is -2.63. The number of aliphatic hydroxyl groups excluding tert-OH is 1. The molecular formula is C76H112N14O12. The van der Waals surface area contributed by atoms with Gasteiger partial charge in [0.25, 0.3) is 23.6 Å². The zero-order valence-corrected chi connectivity index (χ0v) is 61.5. The summed E-state index contributed by atoms with van der Waals surface area (Å²) in [4.78, 5) is 171. The standard InChI is InChI=1S/C38H57N7O6.C38H55N7O6/c2*1-7-16-41-35(50)30(46)25(19-22-12-11-13-22)42-34(49)29-27-24(38(27,5)6)21-45(29)36(51)31(37(2,3)4)44-33(48)28(23-14-9-8-10-15-23)43-32(47)26-20-39-17-18-40-26/h7,17-18,20,22-25,27-31,46H,1,8-16,19,21H2,2-6H3,(H,41,50)(H,42,49)(H,43,47)(H,44,48);7,17-18,20,22-25,27-29,31H,1,8-16,19,21H2,2-6H3,(H,41,50)(H,42,49)(H,43,47)(H,44,48)/t24-,25?,27-,28-,29-,30?,31+;24-,25?,27-,28-,29-,31+/m00/s1. The molecule has 0 radical (unpaired) electrons. The maximum absolute atomic E-state index is 14.6. The van der Waals surface area contributed by atoms with Crippen molar-refractivity contribution in [3.8, 4) is 0 Å². The normalized spacial score (nSPS) is 24.9. The minimum atomic E-state index is -1.46. The largest absolute Gasteiger partial charge is 0.381 e. The second-order valence-electron chi connectivity index (χ2n) is 33.4. The van der Waals surface area contributed by atoms with Gasteiger partial charge in [-0.2, -0.15) is 0 Å². The average molecular weight is 1410 g/mol. The summed E-state index contributed by atoms with van der Waals surface area (Å²) in [6.45, 7) is 27.7. The van der Waals surface area contributed by atoms with E-state index >= 15 is 0 Å². The topological polar surface area (TPSA) is 362 Å². The Morgan fingerprint density at radius 3 is 1.32 bits per heavy atom. The van der Waals surface area contributed by atoms with Crippen molar-refractivity contribution in [1.82, 2.24) is 72.3 Å². The van der Waals surface area contributed by atoms with Crippen LogP contribution in [-0.2, 0) is 43.2 Å². The van der Waals surface area contributed by atoms with E-state index in [0.29, 0.717) is 25.9 Å². The molecule has 10 amide bonds. The molecule has 2 aromatic heterocycles. The summed E-state index contributed by atoms with van der Waals surface area (Å²) >= 11 is 0. The number of nitrogens with zero attached hydrogens (tertiary/aromatic N) is 6. The number of Topliss-reactive ketones (excluding diaryl/α,β-unsaturated/α-hetero) is 1. The molecular weight excluding hydrogens is 1300 g/mol. The van der Waals surface area contributed by atoms with Gasteiger partial charge in [0, 0.05) is 51.0 Å². The van der Waals surface area contributed by atoms with E-state index in [0.717, 1.165) is 103 Å². The van der Waals surface area contributed by atoms with Gasteiger partial charge in [-0.25, -0.2) is 9.97 Å². The van der Waals surface area contributed by atoms with Crippen LogP contribution in [0.1, 0.15) is 206 Å². The Labute approximate surface area is 600 Å². The van der Waals surface area contributed by atoms with Gasteiger partial charge < -0.3 is 57.4 Å². The highest BCUT2D eigenvalue weighted by atomic mass is 16.3. The van der Waals surface area contributed by atoms with Crippen molar-refractivity contribution in [3.05, 3.63) is 73.9 Å². The lowest BCUT2D eigenvalue weighted by Gasteiger charge is -2.39. The third-order valence-electron chi connectivity index (χ3n) is 23.6. The average Bonchev–Trinajstić information content (AvgIpc) is 1.53. The molecule has 0 bridgehead atoms. The van der Waals surface area contributed by atoms with Gasteiger partial charge in [-0.3, -0.25) is 62.7 Å². The van der Waals surface area contributed by atoms with Crippen LogP contribution >= 0.6 is 0 Å². The molecule has 2 saturated heterocycles. The number of hydrogen-bond acceptors (Lipinski definition) is 16. The predicted octanol–water partition coefficient (Wildman–Crippen LogP) is 5.22. The Hall–Kier alpha value is -8.03. The lowest BCUT2D eigenvalue weighted by atomic mass is 9.79. The summed E-state index contributed by atoms with van der Waals surface area (Å²) in [5.41, 5.74) is -1.69. The highest BCUT2D eigenvalue weighted by molar-refractivity contribution is 6.38. The number of fused-ring (bicyclic) bond motifs is 2. The van der Waals surface area contributed by atoms with E-state index in [1.165, 1.54) is 49.3 Å². The Kier molecular flexibility index (Phi) is 25.4. The number of nitrogens with one attached hydrogen (secondary N) is 8. The fourth-order valence-electron chi connectivity index (χ4n) is 16.8. The number of rotatable bonds is 28. The Morgan fingerprint density at radius 2 is 0.941 bits per heavy atom. The molecule has 26 heteroatoms. The molecule has 6 aliphatic carbocycles. The maximum Gasteiger partial charge on any atom is 0.289 e. The van der Waals surface area contributed by atoms with E-state index < -0.39 is 124 Å². The Bertz CT molecular complexity index is 3390.